The van der Waals surface area contributed by atoms with Crippen LogP contribution in [0.1, 0.15) is 25.3 Å². The Labute approximate surface area is 122 Å². The van der Waals surface area contributed by atoms with Crippen molar-refractivity contribution in [2.75, 3.05) is 19.0 Å². The van der Waals surface area contributed by atoms with Crippen molar-refractivity contribution >= 4 is 17.0 Å². The van der Waals surface area contributed by atoms with Gasteiger partial charge in [0.15, 0.2) is 17.0 Å². The van der Waals surface area contributed by atoms with Crippen molar-refractivity contribution < 1.29 is 9.84 Å². The Balaban J connectivity index is 1.82. The largest absolute Gasteiger partial charge is 0.388 e. The molecule has 112 valence electrons. The molecule has 4 rings (SSSR count). The highest BCUT2D eigenvalue weighted by atomic mass is 16.5. The number of aliphatic hydroxyl groups is 1. The van der Waals surface area contributed by atoms with E-state index in [4.69, 9.17) is 4.74 Å². The second kappa shape index (κ2) is 4.64. The summed E-state index contributed by atoms with van der Waals surface area (Å²) in [7, 11) is 3.86. The molecule has 0 aromatic carbocycles. The zero-order valence-electron chi connectivity index (χ0n) is 12.2. The first-order chi connectivity index (χ1) is 10.2. The van der Waals surface area contributed by atoms with E-state index in [1.165, 1.54) is 0 Å². The second-order valence-electron chi connectivity index (χ2n) is 6.04. The number of ether oxygens (including phenoxy) is 1. The Morgan fingerprint density at radius 1 is 1.24 bits per heavy atom. The normalized spacial score (nSPS) is 31.8. The maximum absolute atomic E-state index is 10.5. The van der Waals surface area contributed by atoms with E-state index >= 15 is 0 Å². The lowest BCUT2D eigenvalue weighted by Crippen LogP contribution is -2.28. The van der Waals surface area contributed by atoms with Crippen molar-refractivity contribution in [2.45, 2.75) is 43.6 Å². The molecule has 2 aromatic rings. The highest BCUT2D eigenvalue weighted by Gasteiger charge is 2.47. The predicted molar refractivity (Wildman–Crippen MR) is 77.2 cm³/mol. The summed E-state index contributed by atoms with van der Waals surface area (Å²) in [6.07, 6.45) is 5.81. The Morgan fingerprint density at radius 3 is 2.81 bits per heavy atom. The molecule has 0 aliphatic carbocycles. The van der Waals surface area contributed by atoms with Crippen molar-refractivity contribution in [3.05, 3.63) is 12.7 Å². The van der Waals surface area contributed by atoms with Gasteiger partial charge in [0, 0.05) is 14.1 Å². The number of hydrogen-bond donors (Lipinski definition) is 1. The highest BCUT2D eigenvalue weighted by molar-refractivity contribution is 5.83. The molecule has 2 aromatic heterocycles. The van der Waals surface area contributed by atoms with Gasteiger partial charge in [-0.1, -0.05) is 0 Å². The van der Waals surface area contributed by atoms with E-state index in [1.54, 1.807) is 12.7 Å². The Morgan fingerprint density at radius 2 is 2.05 bits per heavy atom. The fourth-order valence-electron chi connectivity index (χ4n) is 3.55. The lowest BCUT2D eigenvalue weighted by Gasteiger charge is -2.22. The molecule has 0 radical (unpaired) electrons. The van der Waals surface area contributed by atoms with Gasteiger partial charge in [0.1, 0.15) is 12.4 Å². The molecular weight excluding hydrogens is 270 g/mol. The highest BCUT2D eigenvalue weighted by Crippen LogP contribution is 2.41. The molecule has 0 spiro atoms. The number of imidazole rings is 1. The van der Waals surface area contributed by atoms with Gasteiger partial charge < -0.3 is 19.3 Å². The first-order valence-electron chi connectivity index (χ1n) is 7.35. The molecule has 2 fully saturated rings. The van der Waals surface area contributed by atoms with Crippen LogP contribution in [0.25, 0.3) is 11.2 Å². The van der Waals surface area contributed by atoms with Gasteiger partial charge in [0.05, 0.1) is 24.6 Å². The summed E-state index contributed by atoms with van der Waals surface area (Å²) in [4.78, 5) is 15.0. The smallest absolute Gasteiger partial charge is 0.165 e. The van der Waals surface area contributed by atoms with Gasteiger partial charge in [-0.15, -0.1) is 0 Å². The molecule has 7 nitrogen and oxygen atoms in total. The van der Waals surface area contributed by atoms with Gasteiger partial charge in [-0.2, -0.15) is 0 Å². The van der Waals surface area contributed by atoms with Crippen LogP contribution in [0.3, 0.4) is 0 Å². The number of hydrogen-bond acceptors (Lipinski definition) is 6. The van der Waals surface area contributed by atoms with Crippen LogP contribution in [0.15, 0.2) is 12.7 Å². The van der Waals surface area contributed by atoms with E-state index in [9.17, 15) is 5.11 Å². The van der Waals surface area contributed by atoms with Crippen molar-refractivity contribution in [3.63, 3.8) is 0 Å². The SMILES string of the molecule is CN(C)c1ncnc2c1ncn2[C@H]1[C@H](O)[C@@H]2CCC[C@H]1O2. The third-order valence-corrected chi connectivity index (χ3v) is 4.52. The lowest BCUT2D eigenvalue weighted by molar-refractivity contribution is -0.0229. The number of aromatic nitrogens is 4. The van der Waals surface area contributed by atoms with Gasteiger partial charge in [0.25, 0.3) is 0 Å². The van der Waals surface area contributed by atoms with Gasteiger partial charge in [-0.3, -0.25) is 0 Å². The first-order valence-corrected chi connectivity index (χ1v) is 7.35. The van der Waals surface area contributed by atoms with Crippen LogP contribution in [0.2, 0.25) is 0 Å². The number of nitrogens with zero attached hydrogens (tertiary/aromatic N) is 5. The van der Waals surface area contributed by atoms with E-state index in [0.29, 0.717) is 0 Å². The number of fused-ring (bicyclic) bond motifs is 3. The maximum Gasteiger partial charge on any atom is 0.165 e. The average Bonchev–Trinajstić information content (AvgIpc) is 2.99. The quantitative estimate of drug-likeness (QED) is 0.879. The second-order valence-corrected chi connectivity index (χ2v) is 6.04. The zero-order chi connectivity index (χ0) is 14.6. The van der Waals surface area contributed by atoms with Crippen molar-refractivity contribution in [3.8, 4) is 0 Å². The average molecular weight is 289 g/mol. The molecule has 0 amide bonds. The molecule has 0 saturated carbocycles. The summed E-state index contributed by atoms with van der Waals surface area (Å²) in [5.41, 5.74) is 1.52. The number of rotatable bonds is 2. The molecule has 4 heterocycles. The van der Waals surface area contributed by atoms with E-state index in [0.717, 1.165) is 36.2 Å². The molecule has 4 atom stereocenters. The molecule has 21 heavy (non-hydrogen) atoms. The summed E-state index contributed by atoms with van der Waals surface area (Å²) in [6, 6.07) is -0.104. The molecule has 1 N–H and O–H groups in total. The fourth-order valence-corrected chi connectivity index (χ4v) is 3.55. The minimum Gasteiger partial charge on any atom is -0.388 e. The van der Waals surface area contributed by atoms with Crippen molar-refractivity contribution in [2.24, 2.45) is 0 Å². The van der Waals surface area contributed by atoms with E-state index in [2.05, 4.69) is 15.0 Å². The Bertz CT molecular complexity index is 668. The summed E-state index contributed by atoms with van der Waals surface area (Å²) in [5.74, 6) is 0.787. The summed E-state index contributed by atoms with van der Waals surface area (Å²) >= 11 is 0. The third kappa shape index (κ3) is 1.84. The minimum absolute atomic E-state index is 0.0499. The van der Waals surface area contributed by atoms with Gasteiger partial charge in [0.2, 0.25) is 0 Å². The molecule has 7 heteroatoms. The van der Waals surface area contributed by atoms with Crippen LogP contribution in [-0.4, -0.2) is 57.0 Å². The molecular formula is C14H19N5O2. The Kier molecular flexibility index (Phi) is 2.87. The first kappa shape index (κ1) is 13.0. The molecule has 2 saturated heterocycles. The van der Waals surface area contributed by atoms with Crippen molar-refractivity contribution in [1.82, 2.24) is 19.5 Å². The summed E-state index contributed by atoms with van der Waals surface area (Å²) in [6.45, 7) is 0. The van der Waals surface area contributed by atoms with Crippen LogP contribution >= 0.6 is 0 Å². The number of anilines is 1. The van der Waals surface area contributed by atoms with Crippen LogP contribution in [0.4, 0.5) is 5.82 Å². The summed E-state index contributed by atoms with van der Waals surface area (Å²) < 4.78 is 7.88. The van der Waals surface area contributed by atoms with Gasteiger partial charge >= 0.3 is 0 Å². The molecule has 0 unspecified atom stereocenters. The van der Waals surface area contributed by atoms with Crippen LogP contribution in [-0.2, 0) is 4.74 Å². The fraction of sp³-hybridized carbons (Fsp3) is 0.643. The number of aliphatic hydroxyl groups excluding tert-OH is 1. The van der Waals surface area contributed by atoms with Crippen LogP contribution < -0.4 is 4.90 Å². The van der Waals surface area contributed by atoms with Crippen LogP contribution in [0.5, 0.6) is 0 Å². The lowest BCUT2D eigenvalue weighted by atomic mass is 10.1. The topological polar surface area (TPSA) is 76.3 Å². The Hall–Kier alpha value is -1.73. The van der Waals surface area contributed by atoms with Crippen LogP contribution in [0, 0.1) is 0 Å². The zero-order valence-corrected chi connectivity index (χ0v) is 12.2. The monoisotopic (exact) mass is 289 g/mol. The third-order valence-electron chi connectivity index (χ3n) is 4.52. The van der Waals surface area contributed by atoms with E-state index in [-0.39, 0.29) is 18.2 Å². The maximum atomic E-state index is 10.5. The van der Waals surface area contributed by atoms with Gasteiger partial charge in [-0.05, 0) is 19.3 Å². The van der Waals surface area contributed by atoms with Gasteiger partial charge in [-0.25, -0.2) is 15.0 Å². The predicted octanol–water partition coefficient (Wildman–Crippen LogP) is 0.746. The molecule has 2 aliphatic rings. The van der Waals surface area contributed by atoms with Crippen molar-refractivity contribution in [1.29, 1.82) is 0 Å². The van der Waals surface area contributed by atoms with E-state index in [1.807, 2.05) is 23.6 Å². The van der Waals surface area contributed by atoms with E-state index < -0.39 is 6.10 Å². The molecule has 2 aliphatic heterocycles. The molecule has 2 bridgehead atoms. The minimum atomic E-state index is -0.493. The standard InChI is InChI=1S/C14H19N5O2/c1-18(2)13-10-14(16-6-15-13)19(7-17-10)11-8-4-3-5-9(21-8)12(11)20/h6-9,11-12,20H,3-5H2,1-2H3/t8-,9+,11-,12-/m1/s1. The summed E-state index contributed by atoms with van der Waals surface area (Å²) in [5, 5.41) is 10.5.